The molecule has 0 aliphatic rings. The number of aliphatic hydroxyl groups excluding tert-OH is 2. The molecule has 0 radical (unpaired) electrons. The summed E-state index contributed by atoms with van der Waals surface area (Å²) in [7, 11) is 4.17. The fourth-order valence-corrected chi connectivity index (χ4v) is 2.11. The van der Waals surface area contributed by atoms with Gasteiger partial charge in [-0.25, -0.2) is 4.79 Å². The topological polar surface area (TPSA) is 93.8 Å². The van der Waals surface area contributed by atoms with Gasteiger partial charge in [0.1, 0.15) is 11.5 Å². The van der Waals surface area contributed by atoms with Gasteiger partial charge in [0, 0.05) is 11.4 Å². The second-order valence-electron chi connectivity index (χ2n) is 6.33. The molecular formula is C20H32N4O3. The summed E-state index contributed by atoms with van der Waals surface area (Å²) in [5.41, 5.74) is 1.49. The van der Waals surface area contributed by atoms with E-state index in [2.05, 4.69) is 55.6 Å². The van der Waals surface area contributed by atoms with E-state index in [-0.39, 0.29) is 29.3 Å². The van der Waals surface area contributed by atoms with Crippen molar-refractivity contribution in [2.45, 2.75) is 33.7 Å². The zero-order valence-corrected chi connectivity index (χ0v) is 17.0. The zero-order valence-electron chi connectivity index (χ0n) is 17.0. The highest BCUT2D eigenvalue weighted by molar-refractivity contribution is 5.79. The van der Waals surface area contributed by atoms with E-state index in [0.717, 1.165) is 0 Å². The van der Waals surface area contributed by atoms with Crippen molar-refractivity contribution >= 4 is 6.21 Å². The predicted molar refractivity (Wildman–Crippen MR) is 113 cm³/mol. The third-order valence-electron chi connectivity index (χ3n) is 3.53. The highest BCUT2D eigenvalue weighted by Gasteiger charge is 2.14. The monoisotopic (exact) mass is 376 g/mol. The van der Waals surface area contributed by atoms with Crippen LogP contribution in [0.2, 0.25) is 0 Å². The Balaban J connectivity index is 0.000000972. The average molecular weight is 377 g/mol. The third-order valence-corrected chi connectivity index (χ3v) is 3.53. The van der Waals surface area contributed by atoms with Gasteiger partial charge in [-0.15, -0.1) is 0 Å². The number of aliphatic hydroxyl groups is 2. The second-order valence-corrected chi connectivity index (χ2v) is 6.33. The number of hydrogen-bond acceptors (Lipinski definition) is 5. The largest absolute Gasteiger partial charge is 0.508 e. The molecule has 27 heavy (non-hydrogen) atoms. The Bertz CT molecular complexity index is 780. The number of nitrogens with zero attached hydrogens (tertiary/aromatic N) is 3. The summed E-state index contributed by atoms with van der Waals surface area (Å²) >= 11 is 0. The van der Waals surface area contributed by atoms with E-state index in [9.17, 15) is 15.0 Å². The number of rotatable bonds is 8. The molecule has 0 spiro atoms. The van der Waals surface area contributed by atoms with Crippen molar-refractivity contribution in [3.8, 4) is 0 Å². The molecule has 150 valence electrons. The van der Waals surface area contributed by atoms with Crippen molar-refractivity contribution < 1.29 is 10.2 Å². The Kier molecular flexibility index (Phi) is 10.5. The number of aromatic nitrogens is 2. The summed E-state index contributed by atoms with van der Waals surface area (Å²) in [6.45, 7) is 17.2. The quantitative estimate of drug-likeness (QED) is 0.368. The summed E-state index contributed by atoms with van der Waals surface area (Å²) in [6, 6.07) is 0. The number of allylic oxidation sites excluding steroid dienone is 3. The molecule has 0 amide bonds. The molecule has 0 aliphatic heterocycles. The predicted octanol–water partition coefficient (Wildman–Crippen LogP) is 3.47. The number of nitrogens with one attached hydrogen (secondary N) is 1. The highest BCUT2D eigenvalue weighted by atomic mass is 16.3. The Morgan fingerprint density at radius 3 is 2.30 bits per heavy atom. The normalized spacial score (nSPS) is 11.8. The van der Waals surface area contributed by atoms with E-state index in [1.165, 1.54) is 29.8 Å². The summed E-state index contributed by atoms with van der Waals surface area (Å²) in [4.78, 5) is 20.8. The molecule has 0 fully saturated rings. The van der Waals surface area contributed by atoms with Gasteiger partial charge in [-0.05, 0) is 47.0 Å². The lowest BCUT2D eigenvalue weighted by Gasteiger charge is -2.09. The van der Waals surface area contributed by atoms with Gasteiger partial charge < -0.3 is 20.1 Å². The van der Waals surface area contributed by atoms with Crippen LogP contribution >= 0.6 is 0 Å². The Labute approximate surface area is 161 Å². The van der Waals surface area contributed by atoms with E-state index in [0.29, 0.717) is 17.1 Å². The number of H-pyrrole nitrogens is 1. The molecule has 1 heterocycles. The SMILES string of the molecule is C=C/C(O)=C(/Cn1c(C)c(C=NC(=C)C)[nH]c1=O)C(=C)O.CCCN(C)C. The molecule has 0 saturated heterocycles. The summed E-state index contributed by atoms with van der Waals surface area (Å²) < 4.78 is 1.36. The first kappa shape index (κ1) is 24.2. The fraction of sp³-hybridized carbons (Fsp3) is 0.400. The number of imidazole rings is 1. The van der Waals surface area contributed by atoms with E-state index in [4.69, 9.17) is 0 Å². The van der Waals surface area contributed by atoms with Gasteiger partial charge in [0.15, 0.2) is 0 Å². The van der Waals surface area contributed by atoms with Gasteiger partial charge in [-0.3, -0.25) is 9.56 Å². The van der Waals surface area contributed by atoms with Crippen LogP contribution in [0.5, 0.6) is 0 Å². The van der Waals surface area contributed by atoms with E-state index >= 15 is 0 Å². The number of aliphatic imine (C=N–C) groups is 1. The van der Waals surface area contributed by atoms with Gasteiger partial charge in [-0.2, -0.15) is 0 Å². The van der Waals surface area contributed by atoms with Crippen molar-refractivity contribution in [1.29, 1.82) is 0 Å². The molecule has 0 aliphatic carbocycles. The van der Waals surface area contributed by atoms with Crippen LogP contribution in [-0.4, -0.2) is 51.5 Å². The van der Waals surface area contributed by atoms with Crippen LogP contribution in [0.1, 0.15) is 31.7 Å². The van der Waals surface area contributed by atoms with Gasteiger partial charge in [0.2, 0.25) is 0 Å². The minimum absolute atomic E-state index is 0.0325. The van der Waals surface area contributed by atoms with Gasteiger partial charge in [-0.1, -0.05) is 26.7 Å². The molecule has 1 aromatic rings. The molecule has 7 heteroatoms. The maximum absolute atomic E-state index is 12.0. The minimum atomic E-state index is -0.383. The van der Waals surface area contributed by atoms with Crippen LogP contribution in [0.4, 0.5) is 0 Å². The molecular weight excluding hydrogens is 344 g/mol. The van der Waals surface area contributed by atoms with Crippen LogP contribution in [-0.2, 0) is 6.54 Å². The van der Waals surface area contributed by atoms with E-state index in [1.807, 2.05) is 0 Å². The van der Waals surface area contributed by atoms with Crippen molar-refractivity contribution in [2.24, 2.45) is 4.99 Å². The van der Waals surface area contributed by atoms with E-state index in [1.54, 1.807) is 13.8 Å². The average Bonchev–Trinajstić information content (AvgIpc) is 2.84. The standard InChI is InChI=1S/C15H19N3O3.C5H13N/c1-6-14(20)12(11(5)19)8-18-10(4)13(17-15(18)21)7-16-9(2)3;1-4-5-6(2)3/h6-7,19-20H,1-2,5,8H2,3-4H3,(H,17,21);4-5H2,1-3H3/b14-12+,16-7?;. The Morgan fingerprint density at radius 2 is 1.93 bits per heavy atom. The smallest absolute Gasteiger partial charge is 0.326 e. The highest BCUT2D eigenvalue weighted by Crippen LogP contribution is 2.14. The maximum atomic E-state index is 12.0. The molecule has 7 nitrogen and oxygen atoms in total. The first-order valence-corrected chi connectivity index (χ1v) is 8.61. The third kappa shape index (κ3) is 8.42. The Morgan fingerprint density at radius 1 is 1.33 bits per heavy atom. The minimum Gasteiger partial charge on any atom is -0.508 e. The summed E-state index contributed by atoms with van der Waals surface area (Å²) in [5, 5.41) is 19.2. The molecule has 1 aromatic heterocycles. The molecule has 0 atom stereocenters. The summed E-state index contributed by atoms with van der Waals surface area (Å²) in [6.07, 6.45) is 3.93. The van der Waals surface area contributed by atoms with Crippen LogP contribution in [0.15, 0.2) is 58.4 Å². The van der Waals surface area contributed by atoms with Crippen molar-refractivity contribution in [3.05, 3.63) is 70.5 Å². The van der Waals surface area contributed by atoms with Gasteiger partial charge in [0.05, 0.1) is 24.0 Å². The van der Waals surface area contributed by atoms with Gasteiger partial charge >= 0.3 is 5.69 Å². The first-order valence-electron chi connectivity index (χ1n) is 8.61. The van der Waals surface area contributed by atoms with Crippen molar-refractivity contribution in [2.75, 3.05) is 20.6 Å². The Hall–Kier alpha value is -2.80. The van der Waals surface area contributed by atoms with Crippen LogP contribution in [0, 0.1) is 6.92 Å². The lowest BCUT2D eigenvalue weighted by Crippen LogP contribution is -2.20. The van der Waals surface area contributed by atoms with Crippen LogP contribution < -0.4 is 5.69 Å². The van der Waals surface area contributed by atoms with E-state index < -0.39 is 0 Å². The van der Waals surface area contributed by atoms with Crippen LogP contribution in [0.3, 0.4) is 0 Å². The molecule has 3 N–H and O–H groups in total. The molecule has 0 aromatic carbocycles. The molecule has 1 rings (SSSR count). The number of hydrogen-bond donors (Lipinski definition) is 3. The summed E-state index contributed by atoms with van der Waals surface area (Å²) in [5.74, 6) is -0.552. The van der Waals surface area contributed by atoms with Crippen molar-refractivity contribution in [3.63, 3.8) is 0 Å². The molecule has 0 saturated carbocycles. The molecule has 0 bridgehead atoms. The zero-order chi connectivity index (χ0) is 21.1. The van der Waals surface area contributed by atoms with Crippen LogP contribution in [0.25, 0.3) is 0 Å². The van der Waals surface area contributed by atoms with Crippen molar-refractivity contribution in [1.82, 2.24) is 14.5 Å². The molecule has 0 unspecified atom stereocenters. The maximum Gasteiger partial charge on any atom is 0.326 e. The lowest BCUT2D eigenvalue weighted by molar-refractivity contribution is 0.384. The lowest BCUT2D eigenvalue weighted by atomic mass is 10.2. The second kappa shape index (κ2) is 11.7. The first-order chi connectivity index (χ1) is 12.5. The van der Waals surface area contributed by atoms with Gasteiger partial charge in [0.25, 0.3) is 0 Å². The fourth-order valence-electron chi connectivity index (χ4n) is 2.11. The number of aromatic amines is 1.